The van der Waals surface area contributed by atoms with Crippen molar-refractivity contribution < 1.29 is 9.59 Å². The quantitative estimate of drug-likeness (QED) is 0.506. The lowest BCUT2D eigenvalue weighted by Crippen LogP contribution is -2.37. The largest absolute Gasteiger partial charge is 0.336 e. The molecule has 9 heteroatoms. The Morgan fingerprint density at radius 3 is 2.59 bits per heavy atom. The molecule has 0 spiro atoms. The molecule has 1 fully saturated rings. The van der Waals surface area contributed by atoms with Crippen LogP contribution in [0.4, 0.5) is 15.3 Å². The number of nitrogens with zero attached hydrogens (tertiary/aromatic N) is 2. The molecule has 4 rings (SSSR count). The molecule has 0 bridgehead atoms. The Kier molecular flexibility index (Phi) is 5.19. The molecule has 2 aromatic carbocycles. The highest BCUT2D eigenvalue weighted by molar-refractivity contribution is 5.94. The van der Waals surface area contributed by atoms with Gasteiger partial charge in [0.25, 0.3) is 0 Å². The molecule has 3 aromatic rings. The van der Waals surface area contributed by atoms with Crippen molar-refractivity contribution in [2.45, 2.75) is 13.1 Å². The molecule has 1 aromatic heterocycles. The van der Waals surface area contributed by atoms with Gasteiger partial charge in [0.05, 0.1) is 11.0 Å². The van der Waals surface area contributed by atoms with E-state index < -0.39 is 0 Å². The molecule has 9 nitrogen and oxygen atoms in total. The number of urea groups is 2. The fraction of sp³-hybridized carbons (Fsp3) is 0.250. The highest BCUT2D eigenvalue weighted by Gasteiger charge is 2.20. The smallest absolute Gasteiger partial charge is 0.326 e. The maximum absolute atomic E-state index is 12.0. The molecule has 0 unspecified atom stereocenters. The number of amides is 4. The number of rotatable bonds is 6. The highest BCUT2D eigenvalue weighted by atomic mass is 16.2. The average molecular weight is 394 g/mol. The first-order valence-corrected chi connectivity index (χ1v) is 9.45. The molecule has 1 saturated heterocycles. The summed E-state index contributed by atoms with van der Waals surface area (Å²) in [5, 5.41) is 8.31. The second kappa shape index (κ2) is 8.09. The summed E-state index contributed by atoms with van der Waals surface area (Å²) in [5.74, 6) is 0. The van der Waals surface area contributed by atoms with Gasteiger partial charge < -0.3 is 20.9 Å². The Labute approximate surface area is 166 Å². The first-order valence-electron chi connectivity index (χ1n) is 9.45. The second-order valence-corrected chi connectivity index (χ2v) is 6.76. The van der Waals surface area contributed by atoms with E-state index in [0.29, 0.717) is 32.7 Å². The van der Waals surface area contributed by atoms with Gasteiger partial charge in [-0.2, -0.15) is 0 Å². The van der Waals surface area contributed by atoms with Crippen molar-refractivity contribution in [3.05, 3.63) is 64.6 Å². The predicted octanol–water partition coefficient (Wildman–Crippen LogP) is 1.36. The minimum atomic E-state index is -0.305. The molecule has 0 radical (unpaired) electrons. The van der Waals surface area contributed by atoms with Gasteiger partial charge >= 0.3 is 17.8 Å². The van der Waals surface area contributed by atoms with Gasteiger partial charge in [0.1, 0.15) is 0 Å². The van der Waals surface area contributed by atoms with Crippen LogP contribution in [0.15, 0.2) is 53.3 Å². The summed E-state index contributed by atoms with van der Waals surface area (Å²) in [7, 11) is 0. The van der Waals surface area contributed by atoms with E-state index in [9.17, 15) is 14.4 Å². The number of hydrogen-bond acceptors (Lipinski definition) is 3. The van der Waals surface area contributed by atoms with Crippen molar-refractivity contribution in [3.63, 3.8) is 0 Å². The summed E-state index contributed by atoms with van der Waals surface area (Å²) in [4.78, 5) is 40.2. The molecule has 150 valence electrons. The minimum Gasteiger partial charge on any atom is -0.336 e. The van der Waals surface area contributed by atoms with Crippen LogP contribution in [0.5, 0.6) is 0 Å². The van der Waals surface area contributed by atoms with Gasteiger partial charge in [-0.25, -0.2) is 14.4 Å². The zero-order valence-electron chi connectivity index (χ0n) is 15.8. The summed E-state index contributed by atoms with van der Waals surface area (Å²) in [6, 6.07) is 14.5. The number of H-pyrrole nitrogens is 1. The standard InChI is InChI=1S/C20H22N6O3/c27-18(21-9-12-26-17-4-2-1-3-16(17)24-20(26)29)23-13-14-5-7-15(8-6-14)25-11-10-22-19(25)28/h1-8H,9-13H2,(H,22,28)(H,24,29)(H2,21,23,27). The van der Waals surface area contributed by atoms with E-state index in [1.807, 2.05) is 48.5 Å². The lowest BCUT2D eigenvalue weighted by atomic mass is 10.2. The second-order valence-electron chi connectivity index (χ2n) is 6.76. The van der Waals surface area contributed by atoms with E-state index in [1.54, 1.807) is 9.47 Å². The predicted molar refractivity (Wildman–Crippen MR) is 110 cm³/mol. The number of aromatic amines is 1. The van der Waals surface area contributed by atoms with E-state index in [2.05, 4.69) is 20.9 Å². The Morgan fingerprint density at radius 2 is 1.83 bits per heavy atom. The SMILES string of the molecule is O=C(NCCn1c(=O)[nH]c2ccccc21)NCc1ccc(N2CCNC2=O)cc1. The van der Waals surface area contributed by atoms with Gasteiger partial charge in [-0.15, -0.1) is 0 Å². The third-order valence-electron chi connectivity index (χ3n) is 4.86. The van der Waals surface area contributed by atoms with Gasteiger partial charge in [0, 0.05) is 38.4 Å². The van der Waals surface area contributed by atoms with Crippen molar-refractivity contribution in [3.8, 4) is 0 Å². The first kappa shape index (κ1) is 18.6. The zero-order chi connectivity index (χ0) is 20.2. The van der Waals surface area contributed by atoms with Crippen LogP contribution < -0.4 is 26.5 Å². The number of carbonyl (C=O) groups excluding carboxylic acids is 2. The molecule has 4 N–H and O–H groups in total. The number of fused-ring (bicyclic) bond motifs is 1. The summed E-state index contributed by atoms with van der Waals surface area (Å²) in [6.07, 6.45) is 0. The van der Waals surface area contributed by atoms with E-state index in [-0.39, 0.29) is 17.8 Å². The first-order chi connectivity index (χ1) is 14.1. The summed E-state index contributed by atoms with van der Waals surface area (Å²) >= 11 is 0. The van der Waals surface area contributed by atoms with Crippen LogP contribution in [0.25, 0.3) is 11.0 Å². The summed E-state index contributed by atoms with van der Waals surface area (Å²) < 4.78 is 1.60. The zero-order valence-corrected chi connectivity index (χ0v) is 15.8. The van der Waals surface area contributed by atoms with Crippen molar-refractivity contribution in [1.29, 1.82) is 0 Å². The molecular formula is C20H22N6O3. The lowest BCUT2D eigenvalue weighted by molar-refractivity contribution is 0.240. The Bertz CT molecular complexity index is 1090. The number of carbonyl (C=O) groups is 2. The van der Waals surface area contributed by atoms with Gasteiger partial charge in [-0.3, -0.25) is 9.47 Å². The Hall–Kier alpha value is -3.75. The molecule has 1 aliphatic rings. The number of para-hydroxylation sites is 2. The number of hydrogen-bond donors (Lipinski definition) is 4. The van der Waals surface area contributed by atoms with E-state index in [1.165, 1.54) is 0 Å². The fourth-order valence-electron chi connectivity index (χ4n) is 3.37. The van der Waals surface area contributed by atoms with Crippen molar-refractivity contribution in [2.24, 2.45) is 0 Å². The fourth-order valence-corrected chi connectivity index (χ4v) is 3.37. The van der Waals surface area contributed by atoms with E-state index in [4.69, 9.17) is 0 Å². The molecule has 29 heavy (non-hydrogen) atoms. The van der Waals surface area contributed by atoms with Crippen LogP contribution in [0, 0.1) is 0 Å². The van der Waals surface area contributed by atoms with E-state index >= 15 is 0 Å². The van der Waals surface area contributed by atoms with Gasteiger partial charge in [-0.05, 0) is 29.8 Å². The summed E-state index contributed by atoms with van der Waals surface area (Å²) in [5.41, 5.74) is 3.15. The number of nitrogens with one attached hydrogen (secondary N) is 4. The molecule has 1 aliphatic heterocycles. The van der Waals surface area contributed by atoms with Crippen LogP contribution in [0.2, 0.25) is 0 Å². The minimum absolute atomic E-state index is 0.0930. The van der Waals surface area contributed by atoms with Crippen molar-refractivity contribution in [1.82, 2.24) is 25.5 Å². The van der Waals surface area contributed by atoms with Crippen molar-refractivity contribution >= 4 is 28.8 Å². The number of anilines is 1. The molecule has 2 heterocycles. The van der Waals surface area contributed by atoms with Crippen molar-refractivity contribution in [2.75, 3.05) is 24.5 Å². The third kappa shape index (κ3) is 4.08. The Balaban J connectivity index is 1.25. The van der Waals surface area contributed by atoms with Crippen LogP contribution >= 0.6 is 0 Å². The maximum Gasteiger partial charge on any atom is 0.326 e. The average Bonchev–Trinajstić information content (AvgIpc) is 3.30. The Morgan fingerprint density at radius 1 is 1.03 bits per heavy atom. The molecule has 0 atom stereocenters. The summed E-state index contributed by atoms with van der Waals surface area (Å²) in [6.45, 7) is 2.37. The molecule has 4 amide bonds. The maximum atomic E-state index is 12.0. The molecule has 0 saturated carbocycles. The molecular weight excluding hydrogens is 372 g/mol. The van der Waals surface area contributed by atoms with Crippen LogP contribution in [0.3, 0.4) is 0 Å². The van der Waals surface area contributed by atoms with E-state index in [0.717, 1.165) is 22.3 Å². The highest BCUT2D eigenvalue weighted by Crippen LogP contribution is 2.17. The number of imidazole rings is 1. The van der Waals surface area contributed by atoms with Gasteiger partial charge in [0.2, 0.25) is 0 Å². The monoisotopic (exact) mass is 394 g/mol. The van der Waals surface area contributed by atoms with Gasteiger partial charge in [-0.1, -0.05) is 24.3 Å². The third-order valence-corrected chi connectivity index (χ3v) is 4.86. The van der Waals surface area contributed by atoms with Crippen LogP contribution in [-0.2, 0) is 13.1 Å². The van der Waals surface area contributed by atoms with Gasteiger partial charge in [0.15, 0.2) is 0 Å². The number of benzene rings is 2. The molecule has 0 aliphatic carbocycles. The number of aromatic nitrogens is 2. The normalized spacial score (nSPS) is 13.5. The topological polar surface area (TPSA) is 111 Å². The van der Waals surface area contributed by atoms with Crippen LogP contribution in [0.1, 0.15) is 5.56 Å². The lowest BCUT2D eigenvalue weighted by Gasteiger charge is -2.14. The van der Waals surface area contributed by atoms with Crippen LogP contribution in [-0.4, -0.2) is 41.2 Å².